The maximum atomic E-state index is 13.5. The van der Waals surface area contributed by atoms with Crippen molar-refractivity contribution in [3.8, 4) is 0 Å². The van der Waals surface area contributed by atoms with Crippen molar-refractivity contribution in [3.05, 3.63) is 23.8 Å². The Morgan fingerprint density at radius 1 is 1.41 bits per heavy atom. The summed E-state index contributed by atoms with van der Waals surface area (Å²) < 4.78 is 31.8. The second kappa shape index (κ2) is 5.79. The van der Waals surface area contributed by atoms with Gasteiger partial charge in [0.25, 0.3) is 0 Å². The van der Waals surface area contributed by atoms with E-state index in [-0.39, 0.29) is 24.5 Å². The maximum absolute atomic E-state index is 13.5. The number of likely N-dealkylation sites (N-methyl/N-ethyl adjacent to an activating group) is 1. The smallest absolute Gasteiger partial charge is 0.151 e. The van der Waals surface area contributed by atoms with Crippen molar-refractivity contribution >= 4 is 11.4 Å². The number of ether oxygens (including phenoxy) is 1. The molecule has 0 saturated carbocycles. The van der Waals surface area contributed by atoms with E-state index in [0.717, 1.165) is 12.1 Å². The van der Waals surface area contributed by atoms with E-state index in [1.807, 2.05) is 0 Å². The number of nitrogens with zero attached hydrogens (tertiary/aromatic N) is 1. The molecule has 1 unspecified atom stereocenters. The summed E-state index contributed by atoms with van der Waals surface area (Å²) in [7, 11) is 2.92. The number of hydrogen-bond donors (Lipinski definition) is 2. The molecule has 0 heterocycles. The molecule has 0 radical (unpaired) electrons. The van der Waals surface area contributed by atoms with Gasteiger partial charge in [-0.3, -0.25) is 0 Å². The van der Waals surface area contributed by atoms with Crippen molar-refractivity contribution in [2.24, 2.45) is 0 Å². The summed E-state index contributed by atoms with van der Waals surface area (Å²) in [4.78, 5) is 1.29. The van der Waals surface area contributed by atoms with Gasteiger partial charge in [0.2, 0.25) is 0 Å². The Labute approximate surface area is 98.6 Å². The summed E-state index contributed by atoms with van der Waals surface area (Å²) >= 11 is 0. The number of aliphatic hydroxyl groups excluding tert-OH is 1. The summed E-state index contributed by atoms with van der Waals surface area (Å²) in [6.07, 6.45) is -0.818. The third-order valence-corrected chi connectivity index (χ3v) is 2.26. The first-order valence-corrected chi connectivity index (χ1v) is 5.08. The molecule has 0 aromatic heterocycles. The number of hydrogen-bond acceptors (Lipinski definition) is 4. The first-order valence-electron chi connectivity index (χ1n) is 5.08. The summed E-state index contributed by atoms with van der Waals surface area (Å²) in [6.45, 7) is 0.161. The van der Waals surface area contributed by atoms with Crippen molar-refractivity contribution in [2.75, 3.05) is 37.9 Å². The number of aliphatic hydroxyl groups is 1. The van der Waals surface area contributed by atoms with E-state index in [9.17, 15) is 13.9 Å². The largest absolute Gasteiger partial charge is 0.399 e. The van der Waals surface area contributed by atoms with Crippen molar-refractivity contribution in [1.29, 1.82) is 0 Å². The fourth-order valence-electron chi connectivity index (χ4n) is 1.60. The Balaban J connectivity index is 2.85. The molecule has 0 aliphatic heterocycles. The number of anilines is 2. The van der Waals surface area contributed by atoms with E-state index in [4.69, 9.17) is 10.5 Å². The van der Waals surface area contributed by atoms with E-state index in [2.05, 4.69) is 0 Å². The zero-order valence-corrected chi connectivity index (χ0v) is 9.78. The summed E-state index contributed by atoms with van der Waals surface area (Å²) in [5, 5.41) is 9.48. The van der Waals surface area contributed by atoms with E-state index in [1.165, 1.54) is 19.1 Å². The number of methoxy groups -OCH3 is 1. The molecule has 1 rings (SSSR count). The molecule has 0 aliphatic carbocycles. The Bertz CT molecular complexity index is 365. The normalized spacial score (nSPS) is 12.5. The third kappa shape index (κ3) is 3.54. The second-order valence-electron chi connectivity index (χ2n) is 3.82. The van der Waals surface area contributed by atoms with E-state index < -0.39 is 17.7 Å². The molecule has 1 aromatic carbocycles. The lowest BCUT2D eigenvalue weighted by Gasteiger charge is -2.23. The second-order valence-corrected chi connectivity index (χ2v) is 3.82. The number of halogens is 2. The Morgan fingerprint density at radius 2 is 1.94 bits per heavy atom. The van der Waals surface area contributed by atoms with Crippen LogP contribution >= 0.6 is 0 Å². The van der Waals surface area contributed by atoms with Gasteiger partial charge in [-0.25, -0.2) is 8.78 Å². The SMILES string of the molecule is COCC(O)CN(C)c1c(F)cc(N)cc1F. The predicted molar refractivity (Wildman–Crippen MR) is 61.9 cm³/mol. The minimum Gasteiger partial charge on any atom is -0.399 e. The molecule has 0 saturated heterocycles. The van der Waals surface area contributed by atoms with Crippen LogP contribution in [0.15, 0.2) is 12.1 Å². The van der Waals surface area contributed by atoms with E-state index in [1.54, 1.807) is 0 Å². The molecule has 6 heteroatoms. The number of nitrogen functional groups attached to an aromatic ring is 1. The van der Waals surface area contributed by atoms with Crippen LogP contribution in [-0.4, -0.2) is 38.5 Å². The first-order chi connectivity index (χ1) is 7.95. The standard InChI is InChI=1S/C11H16F2N2O2/c1-15(5-8(16)6-17-2)11-9(12)3-7(14)4-10(11)13/h3-4,8,16H,5-6,14H2,1-2H3. The van der Waals surface area contributed by atoms with Gasteiger partial charge in [-0.05, 0) is 12.1 Å². The molecule has 0 amide bonds. The van der Waals surface area contributed by atoms with E-state index in [0.29, 0.717) is 0 Å². The molecule has 0 aliphatic rings. The van der Waals surface area contributed by atoms with Crippen LogP contribution in [-0.2, 0) is 4.74 Å². The minimum atomic E-state index is -0.818. The number of rotatable bonds is 5. The van der Waals surface area contributed by atoms with E-state index >= 15 is 0 Å². The lowest BCUT2D eigenvalue weighted by atomic mass is 10.2. The Kier molecular flexibility index (Phi) is 4.65. The van der Waals surface area contributed by atoms with Crippen LogP contribution < -0.4 is 10.6 Å². The highest BCUT2D eigenvalue weighted by atomic mass is 19.1. The van der Waals surface area contributed by atoms with Crippen LogP contribution in [0.25, 0.3) is 0 Å². The van der Waals surface area contributed by atoms with Crippen LogP contribution in [0.2, 0.25) is 0 Å². The van der Waals surface area contributed by atoms with Gasteiger partial charge < -0.3 is 20.5 Å². The summed E-state index contributed by atoms with van der Waals surface area (Å²) in [5.41, 5.74) is 5.12. The quantitative estimate of drug-likeness (QED) is 0.761. The van der Waals surface area contributed by atoms with Gasteiger partial charge in [0.15, 0.2) is 11.6 Å². The Hall–Kier alpha value is -1.40. The summed E-state index contributed by atoms with van der Waals surface area (Å²) in [5.74, 6) is -1.51. The van der Waals surface area contributed by atoms with Crippen molar-refractivity contribution < 1.29 is 18.6 Å². The molecule has 3 N–H and O–H groups in total. The lowest BCUT2D eigenvalue weighted by molar-refractivity contribution is 0.0693. The molecule has 0 spiro atoms. The molecule has 4 nitrogen and oxygen atoms in total. The van der Waals surface area contributed by atoms with Crippen LogP contribution in [0, 0.1) is 11.6 Å². The molecule has 0 bridgehead atoms. The van der Waals surface area contributed by atoms with Crippen molar-refractivity contribution in [3.63, 3.8) is 0 Å². The first kappa shape index (κ1) is 13.7. The van der Waals surface area contributed by atoms with Gasteiger partial charge in [0.05, 0.1) is 12.7 Å². The zero-order chi connectivity index (χ0) is 13.0. The molecular weight excluding hydrogens is 230 g/mol. The predicted octanol–water partition coefficient (Wildman–Crippen LogP) is 0.991. The number of benzene rings is 1. The fourth-order valence-corrected chi connectivity index (χ4v) is 1.60. The lowest BCUT2D eigenvalue weighted by Crippen LogP contribution is -2.33. The van der Waals surface area contributed by atoms with Gasteiger partial charge in [-0.15, -0.1) is 0 Å². The van der Waals surface area contributed by atoms with Crippen LogP contribution in [0.3, 0.4) is 0 Å². The molecule has 1 atom stereocenters. The van der Waals surface area contributed by atoms with Crippen LogP contribution in [0.1, 0.15) is 0 Å². The van der Waals surface area contributed by atoms with Gasteiger partial charge >= 0.3 is 0 Å². The minimum absolute atomic E-state index is 0.0228. The van der Waals surface area contributed by atoms with Crippen LogP contribution in [0.5, 0.6) is 0 Å². The summed E-state index contributed by atoms with van der Waals surface area (Å²) in [6, 6.07) is 2.08. The van der Waals surface area contributed by atoms with Gasteiger partial charge in [-0.1, -0.05) is 0 Å². The fraction of sp³-hybridized carbons (Fsp3) is 0.455. The highest BCUT2D eigenvalue weighted by molar-refractivity contribution is 5.55. The molecule has 17 heavy (non-hydrogen) atoms. The Morgan fingerprint density at radius 3 is 2.41 bits per heavy atom. The number of nitrogens with two attached hydrogens (primary N) is 1. The molecule has 96 valence electrons. The van der Waals surface area contributed by atoms with Gasteiger partial charge in [-0.2, -0.15) is 0 Å². The zero-order valence-electron chi connectivity index (χ0n) is 9.78. The molecule has 0 fully saturated rings. The maximum Gasteiger partial charge on any atom is 0.151 e. The third-order valence-electron chi connectivity index (χ3n) is 2.26. The average Bonchev–Trinajstić information content (AvgIpc) is 2.15. The van der Waals surface area contributed by atoms with Gasteiger partial charge in [0, 0.05) is 26.4 Å². The monoisotopic (exact) mass is 246 g/mol. The molecular formula is C11H16F2N2O2. The van der Waals surface area contributed by atoms with Crippen LogP contribution in [0.4, 0.5) is 20.2 Å². The highest BCUT2D eigenvalue weighted by Gasteiger charge is 2.17. The van der Waals surface area contributed by atoms with Gasteiger partial charge in [0.1, 0.15) is 5.69 Å². The van der Waals surface area contributed by atoms with Crippen molar-refractivity contribution in [2.45, 2.75) is 6.10 Å². The average molecular weight is 246 g/mol. The highest BCUT2D eigenvalue weighted by Crippen LogP contribution is 2.25. The molecule has 1 aromatic rings. The topological polar surface area (TPSA) is 58.7 Å². The van der Waals surface area contributed by atoms with Crippen molar-refractivity contribution in [1.82, 2.24) is 0 Å².